The second kappa shape index (κ2) is 5.19. The smallest absolute Gasteiger partial charge is 0.328 e. The standard InChI is InChI=1S/C13H19IN2O2/c1-13(2,3)18-11(17)8-16-12(14)9-6-4-5-7-10(9)15-16/h4-8H2,1-3H3. The van der Waals surface area contributed by atoms with Crippen molar-refractivity contribution in [1.82, 2.24) is 9.78 Å². The number of hydrogen-bond donors (Lipinski definition) is 0. The van der Waals surface area contributed by atoms with E-state index in [1.54, 1.807) is 4.68 Å². The Balaban J connectivity index is 2.10. The number of aryl methyl sites for hydroxylation is 1. The summed E-state index contributed by atoms with van der Waals surface area (Å²) in [7, 11) is 0. The summed E-state index contributed by atoms with van der Waals surface area (Å²) in [5.41, 5.74) is 2.05. The Labute approximate surface area is 121 Å². The Morgan fingerprint density at radius 2 is 2.06 bits per heavy atom. The summed E-state index contributed by atoms with van der Waals surface area (Å²) in [6, 6.07) is 0. The van der Waals surface area contributed by atoms with E-state index in [-0.39, 0.29) is 12.5 Å². The Morgan fingerprint density at radius 1 is 1.39 bits per heavy atom. The second-order valence-electron chi connectivity index (χ2n) is 5.67. The van der Waals surface area contributed by atoms with Crippen LogP contribution in [0.2, 0.25) is 0 Å². The van der Waals surface area contributed by atoms with Crippen molar-refractivity contribution in [1.29, 1.82) is 0 Å². The molecule has 0 atom stereocenters. The number of fused-ring (bicyclic) bond motifs is 1. The predicted molar refractivity (Wildman–Crippen MR) is 77.4 cm³/mol. The number of aromatic nitrogens is 2. The predicted octanol–water partition coefficient (Wildman–Crippen LogP) is 2.71. The SMILES string of the molecule is CC(C)(C)OC(=O)Cn1nc2c(c1I)CCCC2. The van der Waals surface area contributed by atoms with Gasteiger partial charge in [-0.15, -0.1) is 0 Å². The quantitative estimate of drug-likeness (QED) is 0.600. The number of hydrogen-bond acceptors (Lipinski definition) is 3. The van der Waals surface area contributed by atoms with E-state index in [4.69, 9.17) is 4.74 Å². The van der Waals surface area contributed by atoms with Crippen molar-refractivity contribution in [2.75, 3.05) is 0 Å². The van der Waals surface area contributed by atoms with Crippen LogP contribution in [0.4, 0.5) is 0 Å². The van der Waals surface area contributed by atoms with Crippen molar-refractivity contribution in [3.8, 4) is 0 Å². The molecule has 0 unspecified atom stereocenters. The van der Waals surface area contributed by atoms with Crippen LogP contribution in [0.15, 0.2) is 0 Å². The minimum Gasteiger partial charge on any atom is -0.459 e. The number of esters is 1. The summed E-state index contributed by atoms with van der Waals surface area (Å²) in [6.45, 7) is 5.85. The highest BCUT2D eigenvalue weighted by Crippen LogP contribution is 2.25. The molecule has 0 amide bonds. The van der Waals surface area contributed by atoms with Crippen LogP contribution in [0.25, 0.3) is 0 Å². The minimum absolute atomic E-state index is 0.211. The fraction of sp³-hybridized carbons (Fsp3) is 0.692. The fourth-order valence-corrected chi connectivity index (χ4v) is 3.03. The third-order valence-electron chi connectivity index (χ3n) is 2.85. The Kier molecular flexibility index (Phi) is 3.99. The molecular weight excluding hydrogens is 343 g/mol. The number of rotatable bonds is 2. The Hall–Kier alpha value is -0.590. The maximum absolute atomic E-state index is 11.8. The van der Waals surface area contributed by atoms with Crippen molar-refractivity contribution in [3.05, 3.63) is 15.0 Å². The summed E-state index contributed by atoms with van der Waals surface area (Å²) >= 11 is 2.28. The van der Waals surface area contributed by atoms with Crippen molar-refractivity contribution in [3.63, 3.8) is 0 Å². The van der Waals surface area contributed by atoms with Gasteiger partial charge in [-0.05, 0) is 69.0 Å². The molecule has 18 heavy (non-hydrogen) atoms. The summed E-state index contributed by atoms with van der Waals surface area (Å²) in [6.07, 6.45) is 4.54. The monoisotopic (exact) mass is 362 g/mol. The zero-order chi connectivity index (χ0) is 13.3. The van der Waals surface area contributed by atoms with Crippen LogP contribution in [0.5, 0.6) is 0 Å². The van der Waals surface area contributed by atoms with E-state index in [9.17, 15) is 4.79 Å². The highest BCUT2D eigenvalue weighted by Gasteiger charge is 2.22. The summed E-state index contributed by atoms with van der Waals surface area (Å²) in [4.78, 5) is 11.8. The fourth-order valence-electron chi connectivity index (χ4n) is 2.17. The molecule has 0 bridgehead atoms. The molecule has 0 aromatic carbocycles. The number of ether oxygens (including phenoxy) is 1. The number of halogens is 1. The zero-order valence-electron chi connectivity index (χ0n) is 11.1. The molecule has 0 fully saturated rings. The van der Waals surface area contributed by atoms with Crippen molar-refractivity contribution in [2.45, 2.75) is 58.6 Å². The van der Waals surface area contributed by atoms with Crippen molar-refractivity contribution in [2.24, 2.45) is 0 Å². The first-order valence-corrected chi connectivity index (χ1v) is 7.40. The van der Waals surface area contributed by atoms with Gasteiger partial charge in [0, 0.05) is 5.56 Å². The van der Waals surface area contributed by atoms with Crippen LogP contribution in [-0.4, -0.2) is 21.4 Å². The molecule has 0 spiro atoms. The minimum atomic E-state index is -0.435. The van der Waals surface area contributed by atoms with Crippen LogP contribution in [0.1, 0.15) is 44.9 Å². The van der Waals surface area contributed by atoms with E-state index >= 15 is 0 Å². The summed E-state index contributed by atoms with van der Waals surface area (Å²) < 4.78 is 8.20. The van der Waals surface area contributed by atoms with Gasteiger partial charge >= 0.3 is 5.97 Å². The second-order valence-corrected chi connectivity index (χ2v) is 6.69. The molecule has 1 aliphatic carbocycles. The van der Waals surface area contributed by atoms with Gasteiger partial charge in [0.1, 0.15) is 15.8 Å². The first-order chi connectivity index (χ1) is 8.37. The van der Waals surface area contributed by atoms with Gasteiger partial charge < -0.3 is 4.74 Å². The zero-order valence-corrected chi connectivity index (χ0v) is 13.3. The third-order valence-corrected chi connectivity index (χ3v) is 4.06. The first-order valence-electron chi connectivity index (χ1n) is 6.33. The van der Waals surface area contributed by atoms with Gasteiger partial charge in [0.2, 0.25) is 0 Å². The summed E-state index contributed by atoms with van der Waals surface area (Å²) in [5.74, 6) is -0.222. The number of carbonyl (C=O) groups excluding carboxylic acids is 1. The summed E-state index contributed by atoms with van der Waals surface area (Å²) in [5, 5.41) is 4.53. The lowest BCUT2D eigenvalue weighted by molar-refractivity contribution is -0.155. The molecule has 0 aliphatic heterocycles. The number of carbonyl (C=O) groups is 1. The Bertz CT molecular complexity index is 460. The van der Waals surface area contributed by atoms with E-state index in [1.807, 2.05) is 20.8 Å². The van der Waals surface area contributed by atoms with Gasteiger partial charge in [0.15, 0.2) is 0 Å². The molecule has 0 saturated carbocycles. The molecule has 0 saturated heterocycles. The lowest BCUT2D eigenvalue weighted by Crippen LogP contribution is -2.27. The van der Waals surface area contributed by atoms with Gasteiger partial charge in [-0.2, -0.15) is 5.10 Å². The average molecular weight is 362 g/mol. The van der Waals surface area contributed by atoms with Crippen LogP contribution in [0.3, 0.4) is 0 Å². The van der Waals surface area contributed by atoms with Crippen LogP contribution in [-0.2, 0) is 28.9 Å². The molecule has 0 radical (unpaired) electrons. The molecule has 0 N–H and O–H groups in total. The van der Waals surface area contributed by atoms with Crippen LogP contribution in [0, 0.1) is 3.70 Å². The molecular formula is C13H19IN2O2. The van der Waals surface area contributed by atoms with Crippen LogP contribution < -0.4 is 0 Å². The van der Waals surface area contributed by atoms with Gasteiger partial charge in [0.05, 0.1) is 5.69 Å². The maximum Gasteiger partial charge on any atom is 0.328 e. The van der Waals surface area contributed by atoms with Gasteiger partial charge in [-0.3, -0.25) is 4.79 Å². The third kappa shape index (κ3) is 3.24. The first kappa shape index (κ1) is 13.8. The van der Waals surface area contributed by atoms with E-state index in [0.717, 1.165) is 22.2 Å². The van der Waals surface area contributed by atoms with Crippen LogP contribution >= 0.6 is 22.6 Å². The highest BCUT2D eigenvalue weighted by molar-refractivity contribution is 14.1. The van der Waals surface area contributed by atoms with Gasteiger partial charge in [-0.25, -0.2) is 4.68 Å². The molecule has 1 aliphatic rings. The Morgan fingerprint density at radius 3 is 2.67 bits per heavy atom. The topological polar surface area (TPSA) is 44.1 Å². The van der Waals surface area contributed by atoms with E-state index in [0.29, 0.717) is 0 Å². The molecule has 1 heterocycles. The van der Waals surface area contributed by atoms with Gasteiger partial charge in [-0.1, -0.05) is 0 Å². The van der Waals surface area contributed by atoms with Crippen molar-refractivity contribution >= 4 is 28.6 Å². The molecule has 2 rings (SSSR count). The van der Waals surface area contributed by atoms with E-state index in [2.05, 4.69) is 27.7 Å². The maximum atomic E-state index is 11.8. The molecule has 1 aromatic heterocycles. The lowest BCUT2D eigenvalue weighted by atomic mass is 9.99. The van der Waals surface area contributed by atoms with Gasteiger partial charge in [0.25, 0.3) is 0 Å². The number of nitrogens with zero attached hydrogens (tertiary/aromatic N) is 2. The highest BCUT2D eigenvalue weighted by atomic mass is 127. The average Bonchev–Trinajstić information content (AvgIpc) is 2.54. The molecule has 5 heteroatoms. The van der Waals surface area contributed by atoms with E-state index in [1.165, 1.54) is 18.4 Å². The normalized spacial score (nSPS) is 15.3. The largest absolute Gasteiger partial charge is 0.459 e. The molecule has 1 aromatic rings. The molecule has 100 valence electrons. The van der Waals surface area contributed by atoms with E-state index < -0.39 is 5.60 Å². The molecule has 4 nitrogen and oxygen atoms in total. The van der Waals surface area contributed by atoms with Crippen molar-refractivity contribution < 1.29 is 9.53 Å². The lowest BCUT2D eigenvalue weighted by Gasteiger charge is -2.19.